The maximum absolute atomic E-state index is 13.3. The van der Waals surface area contributed by atoms with Crippen LogP contribution in [-0.2, 0) is 4.74 Å². The first-order valence-electron chi connectivity index (χ1n) is 7.04. The third kappa shape index (κ3) is 4.62. The molecule has 0 fully saturated rings. The van der Waals surface area contributed by atoms with Crippen LogP contribution in [0.2, 0.25) is 5.02 Å². The van der Waals surface area contributed by atoms with Gasteiger partial charge in [-0.25, -0.2) is 14.6 Å². The lowest BCUT2D eigenvalue weighted by molar-refractivity contribution is -0.162. The largest absolute Gasteiger partial charge is 0.444 e. The van der Waals surface area contributed by atoms with Gasteiger partial charge in [0.25, 0.3) is 0 Å². The Balaban J connectivity index is 2.47. The highest BCUT2D eigenvalue weighted by Gasteiger charge is 2.46. The van der Waals surface area contributed by atoms with Gasteiger partial charge >= 0.3 is 17.9 Å². The van der Waals surface area contributed by atoms with Crippen molar-refractivity contribution in [2.24, 2.45) is 0 Å². The molecule has 6 nitrogen and oxygen atoms in total. The van der Waals surface area contributed by atoms with E-state index in [-0.39, 0.29) is 15.9 Å². The van der Waals surface area contributed by atoms with Crippen molar-refractivity contribution in [1.82, 2.24) is 10.3 Å². The van der Waals surface area contributed by atoms with E-state index in [0.29, 0.717) is 0 Å². The van der Waals surface area contributed by atoms with Crippen molar-refractivity contribution in [3.05, 3.63) is 39.5 Å². The molecule has 1 unspecified atom stereocenters. The van der Waals surface area contributed by atoms with E-state index in [0.717, 1.165) is 0 Å². The van der Waals surface area contributed by atoms with E-state index >= 15 is 0 Å². The lowest BCUT2D eigenvalue weighted by Crippen LogP contribution is -2.41. The predicted octanol–water partition coefficient (Wildman–Crippen LogP) is 3.97. The number of ether oxygens (including phenoxy) is 1. The average Bonchev–Trinajstić information content (AvgIpc) is 2.41. The number of halogens is 4. The number of amides is 1. The second kappa shape index (κ2) is 6.55. The van der Waals surface area contributed by atoms with Crippen molar-refractivity contribution in [2.45, 2.75) is 38.6 Å². The molecule has 136 valence electrons. The number of benzene rings is 1. The van der Waals surface area contributed by atoms with E-state index in [1.54, 1.807) is 5.32 Å². The highest BCUT2D eigenvalue weighted by atomic mass is 35.5. The van der Waals surface area contributed by atoms with Crippen LogP contribution in [0.4, 0.5) is 18.0 Å². The molecule has 0 saturated carbocycles. The molecule has 0 aliphatic rings. The van der Waals surface area contributed by atoms with Crippen LogP contribution in [0.5, 0.6) is 0 Å². The van der Waals surface area contributed by atoms with Crippen molar-refractivity contribution < 1.29 is 27.1 Å². The zero-order valence-corrected chi connectivity index (χ0v) is 14.2. The maximum Gasteiger partial charge on any atom is 0.417 e. The number of carbonyl (C=O) groups excluding carboxylic acids is 1. The van der Waals surface area contributed by atoms with Crippen LogP contribution in [0.15, 0.2) is 27.4 Å². The lowest BCUT2D eigenvalue weighted by Gasteiger charge is -2.24. The fourth-order valence-electron chi connectivity index (χ4n) is 1.93. The van der Waals surface area contributed by atoms with E-state index in [4.69, 9.17) is 16.3 Å². The molecular weight excluding hydrogens is 365 g/mol. The highest BCUT2D eigenvalue weighted by molar-refractivity contribution is 6.35. The van der Waals surface area contributed by atoms with Gasteiger partial charge in [0, 0.05) is 0 Å². The van der Waals surface area contributed by atoms with Gasteiger partial charge in [-0.3, -0.25) is 0 Å². The first kappa shape index (κ1) is 19.0. The van der Waals surface area contributed by atoms with E-state index in [1.165, 1.54) is 39.0 Å². The topological polar surface area (TPSA) is 81.4 Å². The Kier molecular flexibility index (Phi) is 4.99. The molecule has 1 heterocycles. The van der Waals surface area contributed by atoms with Crippen LogP contribution in [-0.4, -0.2) is 22.9 Å². The summed E-state index contributed by atoms with van der Waals surface area (Å²) in [5, 5.41) is 1.47. The Morgan fingerprint density at radius 1 is 1.32 bits per heavy atom. The SMILES string of the molecule is CC(C)(C)OC(=O)NC(c1nc2cccc(Cl)c2c(=O)o1)C(F)(F)F. The minimum atomic E-state index is -4.97. The number of aromatic nitrogens is 1. The first-order chi connectivity index (χ1) is 11.4. The summed E-state index contributed by atoms with van der Waals surface area (Å²) in [6.45, 7) is 4.47. The van der Waals surface area contributed by atoms with Crippen LogP contribution in [0.25, 0.3) is 10.9 Å². The molecule has 2 aromatic rings. The number of carbonyl (C=O) groups is 1. The van der Waals surface area contributed by atoms with Gasteiger partial charge in [-0.1, -0.05) is 17.7 Å². The summed E-state index contributed by atoms with van der Waals surface area (Å²) in [6.07, 6.45) is -6.29. The minimum Gasteiger partial charge on any atom is -0.444 e. The van der Waals surface area contributed by atoms with E-state index in [2.05, 4.69) is 9.40 Å². The Bertz CT molecular complexity index is 858. The summed E-state index contributed by atoms with van der Waals surface area (Å²) < 4.78 is 49.4. The average molecular weight is 379 g/mol. The van der Waals surface area contributed by atoms with Crippen LogP contribution in [0.3, 0.4) is 0 Å². The summed E-state index contributed by atoms with van der Waals surface area (Å²) in [6, 6.07) is 1.45. The quantitative estimate of drug-likeness (QED) is 0.855. The molecule has 1 aromatic carbocycles. The zero-order valence-electron chi connectivity index (χ0n) is 13.4. The van der Waals surface area contributed by atoms with Crippen molar-refractivity contribution in [1.29, 1.82) is 0 Å². The number of hydrogen-bond donors (Lipinski definition) is 1. The van der Waals surface area contributed by atoms with Gasteiger partial charge in [0.15, 0.2) is 0 Å². The van der Waals surface area contributed by atoms with Crippen molar-refractivity contribution in [3.8, 4) is 0 Å². The van der Waals surface area contributed by atoms with Gasteiger partial charge in [-0.2, -0.15) is 13.2 Å². The Labute approximate surface area is 144 Å². The normalized spacial score (nSPS) is 13.6. The molecular formula is C15H14ClF3N2O4. The summed E-state index contributed by atoms with van der Waals surface area (Å²) in [4.78, 5) is 27.3. The number of hydrogen-bond acceptors (Lipinski definition) is 5. The van der Waals surface area contributed by atoms with Crippen LogP contribution in [0, 0.1) is 0 Å². The molecule has 0 bridgehead atoms. The molecule has 1 aromatic heterocycles. The van der Waals surface area contributed by atoms with Crippen molar-refractivity contribution in [3.63, 3.8) is 0 Å². The number of alkyl carbamates (subject to hydrolysis) is 1. The van der Waals surface area contributed by atoms with Gasteiger partial charge in [-0.05, 0) is 32.9 Å². The molecule has 1 amide bonds. The van der Waals surface area contributed by atoms with Gasteiger partial charge in [0.1, 0.15) is 11.0 Å². The maximum atomic E-state index is 13.3. The van der Waals surface area contributed by atoms with E-state index < -0.39 is 35.4 Å². The standard InChI is InChI=1S/C15H14ClF3N2O4/c1-14(2,3)25-13(23)21-10(15(17,18)19)11-20-8-6-4-5-7(16)9(8)12(22)24-11/h4-6,10H,1-3H3,(H,21,23). The van der Waals surface area contributed by atoms with Crippen molar-refractivity contribution in [2.75, 3.05) is 0 Å². The number of alkyl halides is 3. The summed E-state index contributed by atoms with van der Waals surface area (Å²) in [5.41, 5.74) is -2.18. The second-order valence-electron chi connectivity index (χ2n) is 6.09. The molecule has 25 heavy (non-hydrogen) atoms. The van der Waals surface area contributed by atoms with Gasteiger partial charge in [0.2, 0.25) is 11.9 Å². The summed E-state index contributed by atoms with van der Waals surface area (Å²) in [5.74, 6) is -1.02. The number of nitrogens with one attached hydrogen (secondary N) is 1. The molecule has 2 rings (SSSR count). The van der Waals surface area contributed by atoms with Gasteiger partial charge in [-0.15, -0.1) is 0 Å². The lowest BCUT2D eigenvalue weighted by atomic mass is 10.2. The number of rotatable bonds is 2. The van der Waals surface area contributed by atoms with Crippen LogP contribution < -0.4 is 10.9 Å². The third-order valence-electron chi connectivity index (χ3n) is 2.86. The van der Waals surface area contributed by atoms with Crippen molar-refractivity contribution >= 4 is 28.6 Å². The Morgan fingerprint density at radius 3 is 2.52 bits per heavy atom. The van der Waals surface area contributed by atoms with E-state index in [9.17, 15) is 22.8 Å². The monoisotopic (exact) mass is 378 g/mol. The first-order valence-corrected chi connectivity index (χ1v) is 7.42. The molecule has 1 N–H and O–H groups in total. The van der Waals surface area contributed by atoms with Gasteiger partial charge < -0.3 is 14.5 Å². The fourth-order valence-corrected chi connectivity index (χ4v) is 2.17. The summed E-state index contributed by atoms with van der Waals surface area (Å²) >= 11 is 5.83. The highest BCUT2D eigenvalue weighted by Crippen LogP contribution is 2.32. The predicted molar refractivity (Wildman–Crippen MR) is 83.5 cm³/mol. The zero-order chi connectivity index (χ0) is 19.0. The number of fused-ring (bicyclic) bond motifs is 1. The number of nitrogens with zero attached hydrogens (tertiary/aromatic N) is 1. The third-order valence-corrected chi connectivity index (χ3v) is 3.17. The second-order valence-corrected chi connectivity index (χ2v) is 6.50. The molecule has 0 aliphatic carbocycles. The molecule has 0 radical (unpaired) electrons. The molecule has 1 atom stereocenters. The molecule has 0 saturated heterocycles. The minimum absolute atomic E-state index is 0.00559. The Morgan fingerprint density at radius 2 is 1.96 bits per heavy atom. The smallest absolute Gasteiger partial charge is 0.417 e. The molecule has 0 aliphatic heterocycles. The summed E-state index contributed by atoms with van der Waals surface area (Å²) in [7, 11) is 0. The molecule has 0 spiro atoms. The Hall–Kier alpha value is -2.29. The fraction of sp³-hybridized carbons (Fsp3) is 0.400. The van der Waals surface area contributed by atoms with E-state index in [1.807, 2.05) is 0 Å². The van der Waals surface area contributed by atoms with Crippen LogP contribution >= 0.6 is 11.6 Å². The van der Waals surface area contributed by atoms with Gasteiger partial charge in [0.05, 0.1) is 10.5 Å². The van der Waals surface area contributed by atoms with Crippen LogP contribution in [0.1, 0.15) is 32.7 Å². The molecule has 10 heteroatoms.